The number of halogens is 1. The molecule has 22 heavy (non-hydrogen) atoms. The lowest BCUT2D eigenvalue weighted by Crippen LogP contribution is -2.24. The molecule has 0 saturated carbocycles. The molecule has 0 spiro atoms. The van der Waals surface area contributed by atoms with Gasteiger partial charge in [0.1, 0.15) is 11.2 Å². The first-order valence-corrected chi connectivity index (χ1v) is 9.19. The lowest BCUT2D eigenvalue weighted by atomic mass is 10.2. The zero-order chi connectivity index (χ0) is 15.4. The van der Waals surface area contributed by atoms with Gasteiger partial charge in [-0.15, -0.1) is 11.8 Å². The van der Waals surface area contributed by atoms with Crippen molar-refractivity contribution in [1.29, 1.82) is 0 Å². The number of benzene rings is 2. The normalized spacial score (nSPS) is 20.5. The lowest BCUT2D eigenvalue weighted by Gasteiger charge is -2.34. The number of nitrogens with zero attached hydrogens (tertiary/aromatic N) is 1. The van der Waals surface area contributed by atoms with Crippen molar-refractivity contribution < 1.29 is 8.60 Å². The Hall–Kier alpha value is -1.59. The molecular formula is C17H15FNOS2-. The van der Waals surface area contributed by atoms with Crippen molar-refractivity contribution in [3.63, 3.8) is 0 Å². The molecule has 2 aromatic rings. The van der Waals surface area contributed by atoms with Crippen LogP contribution < -0.4 is 0 Å². The third-order valence-corrected chi connectivity index (χ3v) is 5.63. The van der Waals surface area contributed by atoms with Crippen LogP contribution >= 0.6 is 11.8 Å². The van der Waals surface area contributed by atoms with Crippen LogP contribution in [0.25, 0.3) is 0 Å². The summed E-state index contributed by atoms with van der Waals surface area (Å²) in [5.74, 6) is 0.593. The molecule has 1 aliphatic heterocycles. The Morgan fingerprint density at radius 2 is 1.86 bits per heavy atom. The van der Waals surface area contributed by atoms with Gasteiger partial charge >= 0.3 is 0 Å². The fraction of sp³-hybridized carbons (Fsp3) is 0.176. The van der Waals surface area contributed by atoms with Crippen molar-refractivity contribution in [3.05, 3.63) is 77.6 Å². The fourth-order valence-corrected chi connectivity index (χ4v) is 4.36. The van der Waals surface area contributed by atoms with Gasteiger partial charge in [0.25, 0.3) is 0 Å². The van der Waals surface area contributed by atoms with E-state index in [4.69, 9.17) is 0 Å². The quantitative estimate of drug-likeness (QED) is 0.611. The van der Waals surface area contributed by atoms with Gasteiger partial charge < -0.3 is 11.1 Å². The molecule has 1 heterocycles. The fourth-order valence-electron chi connectivity index (χ4n) is 2.28. The molecule has 0 radical (unpaired) electrons. The number of hydrogen-bond acceptors (Lipinski definition) is 3. The summed E-state index contributed by atoms with van der Waals surface area (Å²) in [5.41, 5.74) is 0.852. The Morgan fingerprint density at radius 3 is 2.59 bits per heavy atom. The zero-order valence-corrected chi connectivity index (χ0v) is 13.4. The van der Waals surface area contributed by atoms with E-state index in [1.54, 1.807) is 29.3 Å². The predicted molar refractivity (Wildman–Crippen MR) is 89.0 cm³/mol. The smallest absolute Gasteiger partial charge is 0.123 e. The van der Waals surface area contributed by atoms with Gasteiger partial charge in [0.15, 0.2) is 0 Å². The van der Waals surface area contributed by atoms with Crippen LogP contribution in [-0.2, 0) is 10.8 Å². The first-order chi connectivity index (χ1) is 10.7. The van der Waals surface area contributed by atoms with E-state index in [-0.39, 0.29) is 11.2 Å². The van der Waals surface area contributed by atoms with Crippen LogP contribution in [0.1, 0.15) is 10.9 Å². The number of hydrogen-bond donors (Lipinski definition) is 0. The molecule has 3 rings (SSSR count). The van der Waals surface area contributed by atoms with Crippen molar-refractivity contribution in [2.75, 3.05) is 12.3 Å². The molecule has 0 saturated heterocycles. The van der Waals surface area contributed by atoms with E-state index in [9.17, 15) is 8.60 Å². The second kappa shape index (κ2) is 7.11. The van der Waals surface area contributed by atoms with Crippen LogP contribution in [0.4, 0.5) is 4.39 Å². The van der Waals surface area contributed by atoms with Gasteiger partial charge in [-0.2, -0.15) is 5.41 Å². The molecule has 2 unspecified atom stereocenters. The van der Waals surface area contributed by atoms with Crippen molar-refractivity contribution in [1.82, 2.24) is 4.90 Å². The van der Waals surface area contributed by atoms with Crippen LogP contribution in [0.5, 0.6) is 0 Å². The van der Waals surface area contributed by atoms with Crippen LogP contribution in [-0.4, -0.2) is 21.4 Å². The van der Waals surface area contributed by atoms with E-state index in [0.717, 1.165) is 17.9 Å². The summed E-state index contributed by atoms with van der Waals surface area (Å²) >= 11 is 1.75. The number of rotatable bonds is 5. The highest BCUT2D eigenvalue weighted by Crippen LogP contribution is 2.30. The largest absolute Gasteiger partial charge is 0.537 e. The summed E-state index contributed by atoms with van der Waals surface area (Å²) < 4.78 is 25.2. The number of thioether (sulfide) groups is 1. The molecule has 2 atom stereocenters. The summed E-state index contributed by atoms with van der Waals surface area (Å²) in [4.78, 5) is 3.16. The molecular weight excluding hydrogens is 317 g/mol. The van der Waals surface area contributed by atoms with E-state index in [2.05, 4.69) is 18.3 Å². The summed E-state index contributed by atoms with van der Waals surface area (Å²) in [7, 11) is -1.14. The Bertz CT molecular complexity index is 673. The molecule has 2 aromatic carbocycles. The van der Waals surface area contributed by atoms with E-state index in [0.29, 0.717) is 0 Å². The van der Waals surface area contributed by atoms with Crippen LogP contribution in [0.2, 0.25) is 0 Å². The maximum absolute atomic E-state index is 13.0. The van der Waals surface area contributed by atoms with E-state index >= 15 is 0 Å². The van der Waals surface area contributed by atoms with Crippen molar-refractivity contribution in [2.45, 2.75) is 10.3 Å². The first-order valence-electron chi connectivity index (χ1n) is 6.93. The van der Waals surface area contributed by atoms with Gasteiger partial charge in [-0.3, -0.25) is 4.21 Å². The van der Waals surface area contributed by atoms with E-state index in [1.807, 2.05) is 23.1 Å². The third-order valence-electron chi connectivity index (χ3n) is 3.34. The van der Waals surface area contributed by atoms with Crippen molar-refractivity contribution in [3.8, 4) is 0 Å². The third kappa shape index (κ3) is 3.59. The minimum Gasteiger partial charge on any atom is -0.537 e. The highest BCUT2D eigenvalue weighted by molar-refractivity contribution is 7.99. The molecule has 0 aromatic heterocycles. The second-order valence-electron chi connectivity index (χ2n) is 4.83. The molecule has 114 valence electrons. The summed E-state index contributed by atoms with van der Waals surface area (Å²) in [6.45, 7) is 0.740. The Kier molecular flexibility index (Phi) is 4.95. The molecule has 1 aliphatic rings. The Morgan fingerprint density at radius 1 is 1.14 bits per heavy atom. The molecule has 2 nitrogen and oxygen atoms in total. The van der Waals surface area contributed by atoms with E-state index < -0.39 is 10.8 Å². The monoisotopic (exact) mass is 332 g/mol. The van der Waals surface area contributed by atoms with Gasteiger partial charge in [-0.05, 0) is 36.4 Å². The highest BCUT2D eigenvalue weighted by atomic mass is 32.2. The van der Waals surface area contributed by atoms with Gasteiger partial charge in [0.2, 0.25) is 0 Å². The highest BCUT2D eigenvalue weighted by Gasteiger charge is 2.20. The summed E-state index contributed by atoms with van der Waals surface area (Å²) in [6, 6.07) is 16.4. The lowest BCUT2D eigenvalue weighted by molar-refractivity contribution is 0.368. The average Bonchev–Trinajstić information content (AvgIpc) is 2.90. The first kappa shape index (κ1) is 15.3. The molecule has 0 fully saturated rings. The van der Waals surface area contributed by atoms with Crippen LogP contribution in [0.3, 0.4) is 0 Å². The van der Waals surface area contributed by atoms with Gasteiger partial charge in [-0.1, -0.05) is 30.3 Å². The SMILES string of the molecule is O=S1C=[C-]N(CCSc2ccccc2)C1c1ccc(F)cc1. The summed E-state index contributed by atoms with van der Waals surface area (Å²) in [6.07, 6.45) is 3.06. The van der Waals surface area contributed by atoms with Crippen LogP contribution in [0.15, 0.2) is 64.9 Å². The van der Waals surface area contributed by atoms with Gasteiger partial charge in [-0.25, -0.2) is 4.39 Å². The van der Waals surface area contributed by atoms with Crippen molar-refractivity contribution in [2.24, 2.45) is 0 Å². The van der Waals surface area contributed by atoms with Gasteiger partial charge in [0, 0.05) is 21.4 Å². The van der Waals surface area contributed by atoms with Crippen LogP contribution in [0, 0.1) is 12.0 Å². The predicted octanol–water partition coefficient (Wildman–Crippen LogP) is 3.96. The molecule has 0 N–H and O–H groups in total. The topological polar surface area (TPSA) is 20.3 Å². The Balaban J connectivity index is 1.63. The molecule has 5 heteroatoms. The average molecular weight is 332 g/mol. The second-order valence-corrected chi connectivity index (χ2v) is 7.34. The summed E-state index contributed by atoms with van der Waals surface area (Å²) in [5, 5.41) is 1.32. The maximum Gasteiger partial charge on any atom is 0.123 e. The van der Waals surface area contributed by atoms with E-state index in [1.165, 1.54) is 17.0 Å². The minimum absolute atomic E-state index is 0.267. The minimum atomic E-state index is -1.14. The molecule has 0 amide bonds. The Labute approximate surface area is 136 Å². The van der Waals surface area contributed by atoms with Gasteiger partial charge in [0.05, 0.1) is 0 Å². The zero-order valence-electron chi connectivity index (χ0n) is 11.8. The molecule has 0 bridgehead atoms. The standard InChI is InChI=1S/C17H15FNOS2/c18-15-8-6-14(7-9-15)17-19(11-13-22(17)20)10-12-21-16-4-2-1-3-5-16/h1-9,13,17H,10,12H2/q-1. The molecule has 0 aliphatic carbocycles. The maximum atomic E-state index is 13.0. The van der Waals surface area contributed by atoms with Crippen molar-refractivity contribution >= 4 is 22.6 Å².